The van der Waals surface area contributed by atoms with E-state index in [1.165, 1.54) is 20.3 Å². The predicted molar refractivity (Wildman–Crippen MR) is 71.6 cm³/mol. The van der Waals surface area contributed by atoms with Gasteiger partial charge >= 0.3 is 0 Å². The number of benzene rings is 2. The number of aromatic hydroxyl groups is 1. The maximum absolute atomic E-state index is 13.2. The van der Waals surface area contributed by atoms with Crippen molar-refractivity contribution in [1.29, 1.82) is 0 Å². The quantitative estimate of drug-likeness (QED) is 0.929. The van der Waals surface area contributed by atoms with E-state index in [0.29, 0.717) is 22.6 Å². The molecule has 5 heteroatoms. The Morgan fingerprint density at radius 1 is 1.05 bits per heavy atom. The minimum Gasteiger partial charge on any atom is -0.507 e. The van der Waals surface area contributed by atoms with Crippen molar-refractivity contribution in [3.8, 4) is 28.4 Å². The molecule has 19 heavy (non-hydrogen) atoms. The van der Waals surface area contributed by atoms with Gasteiger partial charge < -0.3 is 14.6 Å². The van der Waals surface area contributed by atoms with Crippen LogP contribution < -0.4 is 9.47 Å². The molecule has 0 unspecified atom stereocenters. The number of phenolic OH excluding ortho intramolecular Hbond substituents is 1. The molecular formula is C14H12ClFO3. The third-order valence-corrected chi connectivity index (χ3v) is 3.02. The molecule has 1 N–H and O–H groups in total. The molecule has 3 nitrogen and oxygen atoms in total. The summed E-state index contributed by atoms with van der Waals surface area (Å²) in [6.45, 7) is 0. The summed E-state index contributed by atoms with van der Waals surface area (Å²) in [5.41, 5.74) is 1.07. The number of phenols is 1. The fourth-order valence-corrected chi connectivity index (χ4v) is 1.93. The van der Waals surface area contributed by atoms with Gasteiger partial charge in [-0.2, -0.15) is 0 Å². The van der Waals surface area contributed by atoms with E-state index in [4.69, 9.17) is 21.1 Å². The molecule has 2 aromatic carbocycles. The molecule has 0 radical (unpaired) electrons. The minimum absolute atomic E-state index is 0.0532. The van der Waals surface area contributed by atoms with Crippen molar-refractivity contribution in [2.45, 2.75) is 0 Å². The zero-order chi connectivity index (χ0) is 14.0. The second-order valence-corrected chi connectivity index (χ2v) is 4.26. The predicted octanol–water partition coefficient (Wildman–Crippen LogP) is 3.87. The van der Waals surface area contributed by atoms with E-state index in [0.717, 1.165) is 6.07 Å². The van der Waals surface area contributed by atoms with Crippen molar-refractivity contribution in [2.24, 2.45) is 0 Å². The fourth-order valence-electron chi connectivity index (χ4n) is 1.77. The normalized spacial score (nSPS) is 10.3. The number of rotatable bonds is 3. The molecule has 0 heterocycles. The highest BCUT2D eigenvalue weighted by Crippen LogP contribution is 2.37. The molecular weight excluding hydrogens is 271 g/mol. The largest absolute Gasteiger partial charge is 0.507 e. The van der Waals surface area contributed by atoms with Crippen LogP contribution in [0.2, 0.25) is 5.02 Å². The summed E-state index contributed by atoms with van der Waals surface area (Å²) < 4.78 is 23.5. The van der Waals surface area contributed by atoms with Crippen LogP contribution in [0.3, 0.4) is 0 Å². The smallest absolute Gasteiger partial charge is 0.161 e. The lowest BCUT2D eigenvalue weighted by Gasteiger charge is -2.11. The van der Waals surface area contributed by atoms with Gasteiger partial charge in [0.25, 0.3) is 0 Å². The van der Waals surface area contributed by atoms with Crippen LogP contribution in [0.4, 0.5) is 4.39 Å². The van der Waals surface area contributed by atoms with E-state index in [1.807, 2.05) is 0 Å². The zero-order valence-corrected chi connectivity index (χ0v) is 11.2. The van der Waals surface area contributed by atoms with Gasteiger partial charge in [-0.1, -0.05) is 17.7 Å². The Bertz CT molecular complexity index is 614. The molecule has 0 atom stereocenters. The van der Waals surface area contributed by atoms with Crippen LogP contribution in [-0.2, 0) is 0 Å². The molecule has 0 aliphatic heterocycles. The lowest BCUT2D eigenvalue weighted by atomic mass is 10.0. The number of ether oxygens (including phenoxy) is 2. The van der Waals surface area contributed by atoms with Gasteiger partial charge in [0, 0.05) is 11.6 Å². The summed E-state index contributed by atoms with van der Waals surface area (Å²) in [5.74, 6) is 0.233. The standard InChI is InChI=1S/C14H12ClFO3/c1-18-13-4-3-8(5-14(13)19-2)9-6-10(15)11(16)7-12(9)17/h3-7,17H,1-2H3. The molecule has 2 rings (SSSR count). The highest BCUT2D eigenvalue weighted by molar-refractivity contribution is 6.31. The Hall–Kier alpha value is -1.94. The number of methoxy groups -OCH3 is 2. The van der Waals surface area contributed by atoms with Gasteiger partial charge in [0.05, 0.1) is 19.2 Å². The molecule has 0 aromatic heterocycles. The molecule has 0 fully saturated rings. The molecule has 0 bridgehead atoms. The highest BCUT2D eigenvalue weighted by atomic mass is 35.5. The molecule has 2 aromatic rings. The van der Waals surface area contributed by atoms with Gasteiger partial charge in [0.1, 0.15) is 11.6 Å². The van der Waals surface area contributed by atoms with Crippen LogP contribution in [0.25, 0.3) is 11.1 Å². The van der Waals surface area contributed by atoms with Crippen molar-refractivity contribution in [1.82, 2.24) is 0 Å². The van der Waals surface area contributed by atoms with E-state index < -0.39 is 5.82 Å². The third-order valence-electron chi connectivity index (χ3n) is 2.73. The van der Waals surface area contributed by atoms with Crippen LogP contribution in [0, 0.1) is 5.82 Å². The number of hydrogen-bond acceptors (Lipinski definition) is 3. The summed E-state index contributed by atoms with van der Waals surface area (Å²) in [6.07, 6.45) is 0. The summed E-state index contributed by atoms with van der Waals surface area (Å²) >= 11 is 5.73. The third kappa shape index (κ3) is 2.58. The minimum atomic E-state index is -0.664. The monoisotopic (exact) mass is 282 g/mol. The first-order valence-electron chi connectivity index (χ1n) is 5.47. The maximum Gasteiger partial charge on any atom is 0.161 e. The Labute approximate surface area is 115 Å². The second kappa shape index (κ2) is 5.36. The molecule has 0 spiro atoms. The molecule has 0 amide bonds. The summed E-state index contributed by atoms with van der Waals surface area (Å²) in [5, 5.41) is 9.74. The Morgan fingerprint density at radius 2 is 1.74 bits per heavy atom. The Morgan fingerprint density at radius 3 is 2.37 bits per heavy atom. The lowest BCUT2D eigenvalue weighted by molar-refractivity contribution is 0.355. The SMILES string of the molecule is COc1ccc(-c2cc(Cl)c(F)cc2O)cc1OC. The van der Waals surface area contributed by atoms with E-state index in [2.05, 4.69) is 0 Å². The van der Waals surface area contributed by atoms with Crippen LogP contribution in [0.1, 0.15) is 0 Å². The average Bonchev–Trinajstić information content (AvgIpc) is 2.42. The van der Waals surface area contributed by atoms with Crippen LogP contribution >= 0.6 is 11.6 Å². The molecule has 0 aliphatic carbocycles. The highest BCUT2D eigenvalue weighted by Gasteiger charge is 2.12. The first-order chi connectivity index (χ1) is 9.06. The lowest BCUT2D eigenvalue weighted by Crippen LogP contribution is -1.91. The van der Waals surface area contributed by atoms with Crippen LogP contribution in [0.15, 0.2) is 30.3 Å². The van der Waals surface area contributed by atoms with Crippen molar-refractivity contribution < 1.29 is 19.0 Å². The van der Waals surface area contributed by atoms with E-state index in [-0.39, 0.29) is 10.8 Å². The molecule has 0 aliphatic rings. The van der Waals surface area contributed by atoms with Crippen molar-refractivity contribution in [3.63, 3.8) is 0 Å². The van der Waals surface area contributed by atoms with E-state index in [1.54, 1.807) is 18.2 Å². The fraction of sp³-hybridized carbons (Fsp3) is 0.143. The van der Waals surface area contributed by atoms with Gasteiger partial charge in [-0.3, -0.25) is 0 Å². The Balaban J connectivity index is 2.56. The number of halogens is 2. The Kier molecular flexibility index (Phi) is 3.81. The summed E-state index contributed by atoms with van der Waals surface area (Å²) in [7, 11) is 3.04. The molecule has 0 saturated heterocycles. The van der Waals surface area contributed by atoms with Crippen LogP contribution in [0.5, 0.6) is 17.2 Å². The van der Waals surface area contributed by atoms with Crippen molar-refractivity contribution >= 4 is 11.6 Å². The van der Waals surface area contributed by atoms with Crippen LogP contribution in [-0.4, -0.2) is 19.3 Å². The van der Waals surface area contributed by atoms with Crippen molar-refractivity contribution in [3.05, 3.63) is 41.2 Å². The maximum atomic E-state index is 13.2. The van der Waals surface area contributed by atoms with E-state index in [9.17, 15) is 9.50 Å². The van der Waals surface area contributed by atoms with Gasteiger partial charge in [0.2, 0.25) is 0 Å². The van der Waals surface area contributed by atoms with Crippen molar-refractivity contribution in [2.75, 3.05) is 14.2 Å². The number of hydrogen-bond donors (Lipinski definition) is 1. The second-order valence-electron chi connectivity index (χ2n) is 3.85. The van der Waals surface area contributed by atoms with Gasteiger partial charge in [-0.25, -0.2) is 4.39 Å². The first kappa shape index (κ1) is 13.5. The van der Waals surface area contributed by atoms with Gasteiger partial charge in [-0.05, 0) is 23.8 Å². The first-order valence-corrected chi connectivity index (χ1v) is 5.85. The summed E-state index contributed by atoms with van der Waals surface area (Å²) in [6, 6.07) is 7.46. The topological polar surface area (TPSA) is 38.7 Å². The van der Waals surface area contributed by atoms with Gasteiger partial charge in [0.15, 0.2) is 11.5 Å². The summed E-state index contributed by atoms with van der Waals surface area (Å²) in [4.78, 5) is 0. The zero-order valence-electron chi connectivity index (χ0n) is 10.4. The van der Waals surface area contributed by atoms with E-state index >= 15 is 0 Å². The molecule has 100 valence electrons. The van der Waals surface area contributed by atoms with Gasteiger partial charge in [-0.15, -0.1) is 0 Å². The average molecular weight is 283 g/mol. The molecule has 0 saturated carbocycles.